The summed E-state index contributed by atoms with van der Waals surface area (Å²) >= 11 is 7.14. The summed E-state index contributed by atoms with van der Waals surface area (Å²) in [5.41, 5.74) is 2.48. The van der Waals surface area contributed by atoms with Crippen LogP contribution in [0.4, 0.5) is 0 Å². The lowest BCUT2D eigenvalue weighted by atomic mass is 9.95. The number of hydrogen-bond donors (Lipinski definition) is 1. The Morgan fingerprint density at radius 2 is 1.65 bits per heavy atom. The molecule has 1 aliphatic heterocycles. The Bertz CT molecular complexity index is 655. The van der Waals surface area contributed by atoms with E-state index in [0.717, 1.165) is 40.9 Å². The Labute approximate surface area is 154 Å². The monoisotopic (exact) mass is 438 g/mol. The lowest BCUT2D eigenvalue weighted by Gasteiger charge is -2.36. The molecule has 1 aliphatic rings. The number of hydrogen-bond acceptors (Lipinski definition) is 3. The van der Waals surface area contributed by atoms with Crippen molar-refractivity contribution >= 4 is 31.9 Å². The third-order valence-corrected chi connectivity index (χ3v) is 5.21. The molecule has 0 spiro atoms. The van der Waals surface area contributed by atoms with Crippen molar-refractivity contribution in [2.24, 2.45) is 0 Å². The summed E-state index contributed by atoms with van der Waals surface area (Å²) < 4.78 is 7.82. The SMILES string of the molecule is COc1ccc(Br)cc1C(c1ccc(Br)cc1)N1CCNCC1. The van der Waals surface area contributed by atoms with Crippen molar-refractivity contribution in [3.8, 4) is 5.75 Å². The maximum absolute atomic E-state index is 5.64. The molecule has 0 amide bonds. The fraction of sp³-hybridized carbons (Fsp3) is 0.333. The van der Waals surface area contributed by atoms with Gasteiger partial charge in [-0.25, -0.2) is 0 Å². The largest absolute Gasteiger partial charge is 0.496 e. The minimum absolute atomic E-state index is 0.192. The predicted molar refractivity (Wildman–Crippen MR) is 101 cm³/mol. The zero-order valence-electron chi connectivity index (χ0n) is 13.1. The van der Waals surface area contributed by atoms with Crippen LogP contribution in [0.1, 0.15) is 17.2 Å². The molecule has 3 nitrogen and oxygen atoms in total. The molecule has 0 saturated carbocycles. The highest BCUT2D eigenvalue weighted by Crippen LogP contribution is 2.37. The van der Waals surface area contributed by atoms with Crippen molar-refractivity contribution in [1.82, 2.24) is 10.2 Å². The molecule has 0 aliphatic carbocycles. The number of ether oxygens (including phenoxy) is 1. The molecule has 2 aromatic carbocycles. The van der Waals surface area contributed by atoms with Gasteiger partial charge in [-0.05, 0) is 35.9 Å². The van der Waals surface area contributed by atoms with Gasteiger partial charge >= 0.3 is 0 Å². The second-order valence-corrected chi connectivity index (χ2v) is 7.46. The summed E-state index contributed by atoms with van der Waals surface area (Å²) in [5.74, 6) is 0.930. The Hall–Kier alpha value is -0.880. The van der Waals surface area contributed by atoms with Crippen LogP contribution in [0, 0.1) is 0 Å². The van der Waals surface area contributed by atoms with Gasteiger partial charge in [-0.15, -0.1) is 0 Å². The van der Waals surface area contributed by atoms with Gasteiger partial charge in [0, 0.05) is 40.7 Å². The highest BCUT2D eigenvalue weighted by atomic mass is 79.9. The topological polar surface area (TPSA) is 24.5 Å². The van der Waals surface area contributed by atoms with E-state index in [2.05, 4.69) is 72.4 Å². The van der Waals surface area contributed by atoms with E-state index in [9.17, 15) is 0 Å². The van der Waals surface area contributed by atoms with Gasteiger partial charge in [-0.3, -0.25) is 4.90 Å². The van der Waals surface area contributed by atoms with Gasteiger partial charge in [0.25, 0.3) is 0 Å². The Morgan fingerprint density at radius 3 is 2.30 bits per heavy atom. The molecule has 1 unspecified atom stereocenters. The summed E-state index contributed by atoms with van der Waals surface area (Å²) in [4.78, 5) is 2.52. The van der Waals surface area contributed by atoms with Crippen LogP contribution >= 0.6 is 31.9 Å². The zero-order valence-corrected chi connectivity index (χ0v) is 16.2. The summed E-state index contributed by atoms with van der Waals surface area (Å²) in [6, 6.07) is 15.0. The highest BCUT2D eigenvalue weighted by molar-refractivity contribution is 9.10. The average molecular weight is 440 g/mol. The van der Waals surface area contributed by atoms with Crippen LogP contribution < -0.4 is 10.1 Å². The standard InChI is InChI=1S/C18H20Br2N2O/c1-23-17-7-6-15(20)12-16(17)18(22-10-8-21-9-11-22)13-2-4-14(19)5-3-13/h2-7,12,18,21H,8-11H2,1H3. The van der Waals surface area contributed by atoms with Gasteiger partial charge in [-0.2, -0.15) is 0 Å². The van der Waals surface area contributed by atoms with Crippen LogP contribution in [0.15, 0.2) is 51.4 Å². The number of nitrogens with zero attached hydrogens (tertiary/aromatic N) is 1. The fourth-order valence-corrected chi connectivity index (χ4v) is 3.73. The van der Waals surface area contributed by atoms with E-state index in [-0.39, 0.29) is 6.04 Å². The van der Waals surface area contributed by atoms with E-state index in [1.54, 1.807) is 7.11 Å². The van der Waals surface area contributed by atoms with Crippen LogP contribution in [0.25, 0.3) is 0 Å². The van der Waals surface area contributed by atoms with Crippen LogP contribution in [0.3, 0.4) is 0 Å². The lowest BCUT2D eigenvalue weighted by Crippen LogP contribution is -2.45. The summed E-state index contributed by atoms with van der Waals surface area (Å²) in [6.45, 7) is 4.08. The number of methoxy groups -OCH3 is 1. The quantitative estimate of drug-likeness (QED) is 0.771. The molecule has 0 radical (unpaired) electrons. The normalized spacial score (nSPS) is 17.0. The first-order chi connectivity index (χ1) is 11.2. The van der Waals surface area contributed by atoms with Crippen molar-refractivity contribution in [3.05, 3.63) is 62.5 Å². The first-order valence-electron chi connectivity index (χ1n) is 7.72. The van der Waals surface area contributed by atoms with Gasteiger partial charge in [0.15, 0.2) is 0 Å². The maximum Gasteiger partial charge on any atom is 0.124 e. The van der Waals surface area contributed by atoms with E-state index in [0.29, 0.717) is 0 Å². The molecule has 1 fully saturated rings. The Kier molecular flexibility index (Phi) is 5.75. The van der Waals surface area contributed by atoms with Gasteiger partial charge in [-0.1, -0.05) is 44.0 Å². The molecule has 0 aromatic heterocycles. The number of piperazine rings is 1. The summed E-state index contributed by atoms with van der Waals surface area (Å²) in [7, 11) is 1.74. The maximum atomic E-state index is 5.64. The molecule has 1 N–H and O–H groups in total. The molecule has 1 saturated heterocycles. The van der Waals surface area contributed by atoms with E-state index in [4.69, 9.17) is 4.74 Å². The van der Waals surface area contributed by atoms with E-state index < -0.39 is 0 Å². The van der Waals surface area contributed by atoms with Crippen molar-refractivity contribution < 1.29 is 4.74 Å². The summed E-state index contributed by atoms with van der Waals surface area (Å²) in [5, 5.41) is 3.43. The van der Waals surface area contributed by atoms with Crippen LogP contribution in [-0.4, -0.2) is 38.2 Å². The fourth-order valence-electron chi connectivity index (χ4n) is 3.09. The molecule has 3 rings (SSSR count). The second kappa shape index (κ2) is 7.79. The molecule has 1 heterocycles. The number of rotatable bonds is 4. The third-order valence-electron chi connectivity index (χ3n) is 4.19. The number of halogens is 2. The van der Waals surface area contributed by atoms with E-state index >= 15 is 0 Å². The van der Waals surface area contributed by atoms with Gasteiger partial charge in [0.2, 0.25) is 0 Å². The van der Waals surface area contributed by atoms with Crippen molar-refractivity contribution in [2.45, 2.75) is 6.04 Å². The third kappa shape index (κ3) is 3.97. The molecule has 5 heteroatoms. The Morgan fingerprint density at radius 1 is 1.00 bits per heavy atom. The lowest BCUT2D eigenvalue weighted by molar-refractivity contribution is 0.195. The van der Waals surface area contributed by atoms with E-state index in [1.807, 2.05) is 12.1 Å². The van der Waals surface area contributed by atoms with E-state index in [1.165, 1.54) is 11.1 Å². The molecule has 122 valence electrons. The van der Waals surface area contributed by atoms with Gasteiger partial charge in [0.1, 0.15) is 5.75 Å². The molecular weight excluding hydrogens is 420 g/mol. The van der Waals surface area contributed by atoms with Gasteiger partial charge in [0.05, 0.1) is 13.2 Å². The first-order valence-corrected chi connectivity index (χ1v) is 9.31. The zero-order chi connectivity index (χ0) is 16.2. The van der Waals surface area contributed by atoms with Crippen LogP contribution in [-0.2, 0) is 0 Å². The average Bonchev–Trinajstić information content (AvgIpc) is 2.58. The number of benzene rings is 2. The van der Waals surface area contributed by atoms with Crippen molar-refractivity contribution in [2.75, 3.05) is 33.3 Å². The molecular formula is C18H20Br2N2O. The minimum atomic E-state index is 0.192. The molecule has 0 bridgehead atoms. The van der Waals surface area contributed by atoms with Crippen molar-refractivity contribution in [1.29, 1.82) is 0 Å². The van der Waals surface area contributed by atoms with Gasteiger partial charge < -0.3 is 10.1 Å². The van der Waals surface area contributed by atoms with Crippen molar-refractivity contribution in [3.63, 3.8) is 0 Å². The molecule has 1 atom stereocenters. The van der Waals surface area contributed by atoms with Crippen LogP contribution in [0.5, 0.6) is 5.75 Å². The molecule has 23 heavy (non-hydrogen) atoms. The predicted octanol–water partition coefficient (Wildman–Crippen LogP) is 4.21. The highest BCUT2D eigenvalue weighted by Gasteiger charge is 2.26. The minimum Gasteiger partial charge on any atom is -0.496 e. The number of nitrogens with one attached hydrogen (secondary N) is 1. The molecule has 2 aromatic rings. The second-order valence-electron chi connectivity index (χ2n) is 5.63. The first kappa shape index (κ1) is 17.0. The van der Waals surface area contributed by atoms with Crippen LogP contribution in [0.2, 0.25) is 0 Å². The smallest absolute Gasteiger partial charge is 0.124 e. The summed E-state index contributed by atoms with van der Waals surface area (Å²) in [6.07, 6.45) is 0. The Balaban J connectivity index is 2.07.